The lowest BCUT2D eigenvalue weighted by molar-refractivity contribution is -0.137. The Morgan fingerprint density at radius 3 is 2.43 bits per heavy atom. The van der Waals surface area contributed by atoms with E-state index in [4.69, 9.17) is 23.2 Å². The van der Waals surface area contributed by atoms with Crippen molar-refractivity contribution in [2.75, 3.05) is 21.8 Å². The Kier molecular flexibility index (Phi) is 7.32. The Morgan fingerprint density at radius 1 is 0.952 bits per heavy atom. The van der Waals surface area contributed by atoms with Crippen molar-refractivity contribution in [1.82, 2.24) is 5.32 Å². The highest BCUT2D eigenvalue weighted by Gasteiger charge is 2.71. The molecular weight excluding hydrogens is 610 g/mol. The van der Waals surface area contributed by atoms with Crippen LogP contribution in [0.25, 0.3) is 0 Å². The number of hydrogen-bond acceptors (Lipinski definition) is 5. The van der Waals surface area contributed by atoms with Gasteiger partial charge in [0.15, 0.2) is 0 Å². The van der Waals surface area contributed by atoms with Gasteiger partial charge in [0, 0.05) is 17.3 Å². The van der Waals surface area contributed by atoms with E-state index >= 15 is 0 Å². The van der Waals surface area contributed by atoms with Crippen molar-refractivity contribution in [2.24, 2.45) is 11.8 Å². The first-order valence-electron chi connectivity index (χ1n) is 13.2. The van der Waals surface area contributed by atoms with Gasteiger partial charge in [0.2, 0.25) is 11.8 Å². The molecule has 4 unspecified atom stereocenters. The van der Waals surface area contributed by atoms with Gasteiger partial charge in [-0.1, -0.05) is 53.5 Å². The molecule has 0 bridgehead atoms. The maximum Gasteiger partial charge on any atom is 0.416 e. The van der Waals surface area contributed by atoms with E-state index in [1.807, 2.05) is 6.26 Å². The minimum Gasteiger partial charge on any atom is -0.306 e. The number of anilines is 2. The summed E-state index contributed by atoms with van der Waals surface area (Å²) < 4.78 is 40.6. The van der Waals surface area contributed by atoms with E-state index in [1.54, 1.807) is 59.1 Å². The highest BCUT2D eigenvalue weighted by molar-refractivity contribution is 7.98. The summed E-state index contributed by atoms with van der Waals surface area (Å²) in [7, 11) is 0. The molecule has 3 aliphatic heterocycles. The number of halogens is 5. The van der Waals surface area contributed by atoms with Gasteiger partial charge < -0.3 is 4.90 Å². The summed E-state index contributed by atoms with van der Waals surface area (Å²) in [4.78, 5) is 45.1. The van der Waals surface area contributed by atoms with Crippen molar-refractivity contribution in [3.63, 3.8) is 0 Å². The van der Waals surface area contributed by atoms with Gasteiger partial charge in [-0.05, 0) is 60.4 Å². The molecule has 0 aliphatic carbocycles. The average molecular weight is 635 g/mol. The van der Waals surface area contributed by atoms with Crippen molar-refractivity contribution in [1.29, 1.82) is 0 Å². The number of thioether (sulfide) groups is 1. The summed E-state index contributed by atoms with van der Waals surface area (Å²) in [6, 6.07) is 15.7. The van der Waals surface area contributed by atoms with Crippen LogP contribution in [0.2, 0.25) is 10.0 Å². The van der Waals surface area contributed by atoms with Crippen molar-refractivity contribution in [3.05, 3.63) is 93.5 Å². The third-order valence-electron chi connectivity index (χ3n) is 8.26. The molecule has 218 valence electrons. The minimum atomic E-state index is -4.66. The second-order valence-electron chi connectivity index (χ2n) is 10.6. The smallest absolute Gasteiger partial charge is 0.306 e. The summed E-state index contributed by atoms with van der Waals surface area (Å²) in [6.45, 7) is 0.127. The second-order valence-corrected chi connectivity index (χ2v) is 12.4. The molecule has 3 aromatic rings. The molecule has 2 fully saturated rings. The summed E-state index contributed by atoms with van der Waals surface area (Å²) in [5.74, 6) is -3.19. The van der Waals surface area contributed by atoms with Crippen LogP contribution >= 0.6 is 35.0 Å². The van der Waals surface area contributed by atoms with Gasteiger partial charge >= 0.3 is 6.18 Å². The molecule has 1 spiro atoms. The minimum absolute atomic E-state index is 0.127. The highest BCUT2D eigenvalue weighted by Crippen LogP contribution is 2.56. The largest absolute Gasteiger partial charge is 0.416 e. The van der Waals surface area contributed by atoms with Gasteiger partial charge in [0.1, 0.15) is 5.54 Å². The fourth-order valence-electron chi connectivity index (χ4n) is 6.49. The zero-order chi connectivity index (χ0) is 30.0. The molecule has 12 heteroatoms. The number of alkyl halides is 3. The Bertz CT molecular complexity index is 1620. The highest BCUT2D eigenvalue weighted by atomic mass is 35.5. The van der Waals surface area contributed by atoms with Crippen molar-refractivity contribution in [3.8, 4) is 0 Å². The fourth-order valence-corrected chi connectivity index (χ4v) is 7.30. The monoisotopic (exact) mass is 633 g/mol. The van der Waals surface area contributed by atoms with Crippen LogP contribution in [0.1, 0.15) is 23.1 Å². The summed E-state index contributed by atoms with van der Waals surface area (Å²) >= 11 is 13.9. The maximum atomic E-state index is 14.6. The normalized spacial score (nSPS) is 25.1. The van der Waals surface area contributed by atoms with Crippen LogP contribution in [0.5, 0.6) is 0 Å². The molecule has 6 rings (SSSR count). The average Bonchev–Trinajstić information content (AvgIpc) is 3.52. The zero-order valence-electron chi connectivity index (χ0n) is 22.1. The molecule has 0 radical (unpaired) electrons. The number of nitrogens with one attached hydrogen (secondary N) is 1. The third-order valence-corrected chi connectivity index (χ3v) is 9.64. The Hall–Kier alpha value is -3.05. The molecule has 1 N–H and O–H groups in total. The molecule has 2 saturated heterocycles. The van der Waals surface area contributed by atoms with Crippen LogP contribution in [0, 0.1) is 11.8 Å². The van der Waals surface area contributed by atoms with E-state index in [0.717, 1.165) is 17.0 Å². The van der Waals surface area contributed by atoms with E-state index < -0.39 is 52.9 Å². The first-order chi connectivity index (χ1) is 20.0. The van der Waals surface area contributed by atoms with Gasteiger partial charge in [-0.15, -0.1) is 0 Å². The Labute approximate surface area is 254 Å². The molecule has 6 nitrogen and oxygen atoms in total. The number of rotatable bonds is 6. The van der Waals surface area contributed by atoms with Crippen LogP contribution < -0.4 is 15.1 Å². The number of carbonyl (C=O) groups excluding carboxylic acids is 3. The first kappa shape index (κ1) is 29.0. The number of benzene rings is 3. The summed E-state index contributed by atoms with van der Waals surface area (Å²) in [5, 5.41) is 4.11. The SMILES string of the molecule is CSCCC1NC2(C(=O)N(Cc3ccc(Cl)c(Cl)c3)c3ccccc32)C2C(=O)N(c3cccc(C(F)(F)F)c3)C(=O)C12. The lowest BCUT2D eigenvalue weighted by Gasteiger charge is -2.31. The molecule has 0 aromatic heterocycles. The summed E-state index contributed by atoms with van der Waals surface area (Å²) in [5.41, 5.74) is -0.896. The Balaban J connectivity index is 1.46. The van der Waals surface area contributed by atoms with Crippen LogP contribution in [-0.2, 0) is 32.6 Å². The van der Waals surface area contributed by atoms with E-state index in [-0.39, 0.29) is 12.2 Å². The van der Waals surface area contributed by atoms with E-state index in [9.17, 15) is 27.6 Å². The lowest BCUT2D eigenvalue weighted by Crippen LogP contribution is -2.55. The molecule has 3 amide bonds. The standard InChI is InChI=1S/C30H24Cl2F3N3O3S/c1-42-12-11-22-24-25(27(40)38(26(24)39)18-6-4-5-17(14-18)30(33,34)35)29(36-22)19-7-2-3-8-23(19)37(28(29)41)15-16-9-10-20(31)21(32)13-16/h2-10,13-14,22,24-25,36H,11-12,15H2,1H3. The number of fused-ring (bicyclic) bond motifs is 4. The molecule has 0 saturated carbocycles. The molecule has 42 heavy (non-hydrogen) atoms. The predicted molar refractivity (Wildman–Crippen MR) is 157 cm³/mol. The van der Waals surface area contributed by atoms with Gasteiger partial charge in [0.05, 0.1) is 39.7 Å². The van der Waals surface area contributed by atoms with Gasteiger partial charge in [-0.2, -0.15) is 24.9 Å². The van der Waals surface area contributed by atoms with Crippen molar-refractivity contribution in [2.45, 2.75) is 30.7 Å². The topological polar surface area (TPSA) is 69.7 Å². The van der Waals surface area contributed by atoms with E-state index in [1.165, 1.54) is 12.1 Å². The van der Waals surface area contributed by atoms with Gasteiger partial charge in [-0.3, -0.25) is 19.7 Å². The third kappa shape index (κ3) is 4.42. The Morgan fingerprint density at radius 2 is 1.71 bits per heavy atom. The summed E-state index contributed by atoms with van der Waals surface area (Å²) in [6.07, 6.45) is -2.28. The van der Waals surface area contributed by atoms with E-state index in [2.05, 4.69) is 5.32 Å². The van der Waals surface area contributed by atoms with Crippen molar-refractivity contribution < 1.29 is 27.6 Å². The number of nitrogens with zero attached hydrogens (tertiary/aromatic N) is 2. The molecule has 4 atom stereocenters. The number of amides is 3. The van der Waals surface area contributed by atoms with Crippen LogP contribution in [0.15, 0.2) is 66.7 Å². The predicted octanol–water partition coefficient (Wildman–Crippen LogP) is 6.29. The van der Waals surface area contributed by atoms with Crippen LogP contribution in [-0.4, -0.2) is 35.8 Å². The molecule has 3 aliphatic rings. The number of imide groups is 1. The lowest BCUT2D eigenvalue weighted by atomic mass is 9.76. The molecule has 3 aromatic carbocycles. The second kappa shape index (κ2) is 10.6. The van der Waals surface area contributed by atoms with Gasteiger partial charge in [0.25, 0.3) is 5.91 Å². The quantitative estimate of drug-likeness (QED) is 0.323. The number of para-hydroxylation sites is 1. The van der Waals surface area contributed by atoms with Crippen LogP contribution in [0.4, 0.5) is 24.5 Å². The fraction of sp³-hybridized carbons (Fsp3) is 0.300. The molecule has 3 heterocycles. The molecular formula is C30H24Cl2F3N3O3S. The van der Waals surface area contributed by atoms with Gasteiger partial charge in [-0.25, -0.2) is 4.90 Å². The van der Waals surface area contributed by atoms with E-state index in [0.29, 0.717) is 39.0 Å². The van der Waals surface area contributed by atoms with Crippen LogP contribution in [0.3, 0.4) is 0 Å². The maximum absolute atomic E-state index is 14.6. The number of hydrogen-bond donors (Lipinski definition) is 1. The number of carbonyl (C=O) groups is 3. The van der Waals surface area contributed by atoms with Crippen molar-refractivity contribution >= 4 is 64.1 Å². The zero-order valence-corrected chi connectivity index (χ0v) is 24.4. The first-order valence-corrected chi connectivity index (χ1v) is 15.3.